The van der Waals surface area contributed by atoms with Crippen LogP contribution in [0, 0.1) is 17.3 Å². The first-order valence-corrected chi connectivity index (χ1v) is 7.87. The average Bonchev–Trinajstić information content (AvgIpc) is 2.44. The van der Waals surface area contributed by atoms with E-state index in [2.05, 4.69) is 13.8 Å². The second kappa shape index (κ2) is 7.09. The van der Waals surface area contributed by atoms with Gasteiger partial charge in [-0.25, -0.2) is 0 Å². The van der Waals surface area contributed by atoms with Crippen LogP contribution < -0.4 is 0 Å². The lowest BCUT2D eigenvalue weighted by Crippen LogP contribution is -2.43. The molecule has 1 saturated heterocycles. The number of hydrogen-bond donors (Lipinski definition) is 1. The Morgan fingerprint density at radius 3 is 2.05 bits per heavy atom. The van der Waals surface area contributed by atoms with Crippen molar-refractivity contribution in [3.8, 4) is 0 Å². The predicted molar refractivity (Wildman–Crippen MR) is 79.4 cm³/mol. The zero-order valence-corrected chi connectivity index (χ0v) is 13.3. The van der Waals surface area contributed by atoms with Gasteiger partial charge < -0.3 is 10.0 Å². The molecule has 0 aromatic rings. The summed E-state index contributed by atoms with van der Waals surface area (Å²) in [5.41, 5.74) is -0.883. The Kier molecular flexibility index (Phi) is 6.03. The summed E-state index contributed by atoms with van der Waals surface area (Å²) in [6, 6.07) is 0. The first kappa shape index (κ1) is 17.0. The lowest BCUT2D eigenvalue weighted by molar-refractivity contribution is -0.154. The van der Waals surface area contributed by atoms with Gasteiger partial charge in [0.1, 0.15) is 0 Å². The molecule has 1 rings (SSSR count). The molecular weight excluding hydrogens is 254 g/mol. The number of amides is 1. The predicted octanol–water partition coefficient (Wildman–Crippen LogP) is 3.16. The van der Waals surface area contributed by atoms with E-state index in [1.807, 2.05) is 18.7 Å². The molecule has 0 aromatic carbocycles. The molecule has 0 aliphatic carbocycles. The van der Waals surface area contributed by atoms with Gasteiger partial charge in [0.05, 0.1) is 5.41 Å². The zero-order chi connectivity index (χ0) is 15.3. The van der Waals surface area contributed by atoms with Crippen molar-refractivity contribution in [1.29, 1.82) is 0 Å². The second-order valence-corrected chi connectivity index (χ2v) is 6.43. The van der Waals surface area contributed by atoms with Gasteiger partial charge in [-0.05, 0) is 37.5 Å². The minimum Gasteiger partial charge on any atom is -0.481 e. The topological polar surface area (TPSA) is 57.6 Å². The largest absolute Gasteiger partial charge is 0.481 e. The molecule has 20 heavy (non-hydrogen) atoms. The third-order valence-corrected chi connectivity index (χ3v) is 5.13. The molecule has 4 heteroatoms. The fourth-order valence-electron chi connectivity index (χ4n) is 3.09. The third-order valence-electron chi connectivity index (χ3n) is 5.13. The summed E-state index contributed by atoms with van der Waals surface area (Å²) in [6.45, 7) is 9.74. The van der Waals surface area contributed by atoms with Gasteiger partial charge in [-0.1, -0.05) is 27.7 Å². The number of aliphatic carboxylic acids is 1. The highest BCUT2D eigenvalue weighted by Crippen LogP contribution is 2.33. The molecule has 0 radical (unpaired) electrons. The quantitative estimate of drug-likeness (QED) is 0.814. The molecule has 0 saturated carbocycles. The van der Waals surface area contributed by atoms with E-state index >= 15 is 0 Å². The monoisotopic (exact) mass is 283 g/mol. The van der Waals surface area contributed by atoms with Gasteiger partial charge in [-0.3, -0.25) is 9.59 Å². The molecule has 1 amide bonds. The Bertz CT molecular complexity index is 340. The summed E-state index contributed by atoms with van der Waals surface area (Å²) in [6.07, 6.45) is 3.24. The average molecular weight is 283 g/mol. The van der Waals surface area contributed by atoms with E-state index in [0.29, 0.717) is 24.7 Å². The highest BCUT2D eigenvalue weighted by Gasteiger charge is 2.38. The lowest BCUT2D eigenvalue weighted by Gasteiger charge is -2.36. The van der Waals surface area contributed by atoms with Gasteiger partial charge in [0.2, 0.25) is 5.91 Å². The van der Waals surface area contributed by atoms with Crippen LogP contribution >= 0.6 is 0 Å². The molecule has 0 unspecified atom stereocenters. The minimum absolute atomic E-state index is 0.0123. The first-order chi connectivity index (χ1) is 9.36. The number of likely N-dealkylation sites (tertiary alicyclic amines) is 1. The summed E-state index contributed by atoms with van der Waals surface area (Å²) in [7, 11) is 0. The summed E-state index contributed by atoms with van der Waals surface area (Å²) in [5, 5.41) is 9.42. The van der Waals surface area contributed by atoms with E-state index in [-0.39, 0.29) is 12.3 Å². The molecule has 4 nitrogen and oxygen atoms in total. The van der Waals surface area contributed by atoms with Crippen molar-refractivity contribution in [3.63, 3.8) is 0 Å². The van der Waals surface area contributed by atoms with Crippen LogP contribution in [0.25, 0.3) is 0 Å². The smallest absolute Gasteiger partial charge is 0.310 e. The molecule has 116 valence electrons. The fraction of sp³-hybridized carbons (Fsp3) is 0.875. The van der Waals surface area contributed by atoms with Crippen LogP contribution in [-0.2, 0) is 9.59 Å². The maximum absolute atomic E-state index is 12.4. The van der Waals surface area contributed by atoms with Gasteiger partial charge >= 0.3 is 5.97 Å². The number of carbonyl (C=O) groups excluding carboxylic acids is 1. The van der Waals surface area contributed by atoms with Crippen molar-refractivity contribution >= 4 is 11.9 Å². The van der Waals surface area contributed by atoms with Gasteiger partial charge in [-0.2, -0.15) is 0 Å². The SMILES string of the molecule is CCC(CC)(CC(=O)N1CCC(C(C)C)CC1)C(=O)O. The Balaban J connectivity index is 2.61. The Hall–Kier alpha value is -1.06. The Morgan fingerprint density at radius 1 is 1.20 bits per heavy atom. The Morgan fingerprint density at radius 2 is 1.70 bits per heavy atom. The molecule has 1 fully saturated rings. The molecule has 1 aliphatic rings. The second-order valence-electron chi connectivity index (χ2n) is 6.43. The van der Waals surface area contributed by atoms with Crippen molar-refractivity contribution in [1.82, 2.24) is 4.90 Å². The molecule has 0 spiro atoms. The van der Waals surface area contributed by atoms with Crippen molar-refractivity contribution in [3.05, 3.63) is 0 Å². The molecule has 1 N–H and O–H groups in total. The normalized spacial score (nSPS) is 17.6. The van der Waals surface area contributed by atoms with Crippen molar-refractivity contribution in [2.24, 2.45) is 17.3 Å². The fourth-order valence-corrected chi connectivity index (χ4v) is 3.09. The maximum atomic E-state index is 12.4. The Labute approximate surface area is 122 Å². The molecule has 1 heterocycles. The van der Waals surface area contributed by atoms with Crippen LogP contribution in [0.4, 0.5) is 0 Å². The van der Waals surface area contributed by atoms with Crippen LogP contribution in [-0.4, -0.2) is 35.0 Å². The van der Waals surface area contributed by atoms with Gasteiger partial charge in [0.25, 0.3) is 0 Å². The van der Waals surface area contributed by atoms with Crippen molar-refractivity contribution < 1.29 is 14.7 Å². The number of carboxylic acid groups (broad SMARTS) is 1. The maximum Gasteiger partial charge on any atom is 0.310 e. The van der Waals surface area contributed by atoms with E-state index in [1.165, 1.54) is 0 Å². The highest BCUT2D eigenvalue weighted by molar-refractivity contribution is 5.85. The third kappa shape index (κ3) is 3.74. The number of carboxylic acids is 1. The van der Waals surface area contributed by atoms with Gasteiger partial charge in [-0.15, -0.1) is 0 Å². The van der Waals surface area contributed by atoms with Crippen molar-refractivity contribution in [2.75, 3.05) is 13.1 Å². The number of piperidine rings is 1. The number of carbonyl (C=O) groups is 2. The summed E-state index contributed by atoms with van der Waals surface area (Å²) in [4.78, 5) is 25.7. The van der Waals surface area contributed by atoms with E-state index in [9.17, 15) is 14.7 Å². The van der Waals surface area contributed by atoms with Gasteiger partial charge in [0.15, 0.2) is 0 Å². The standard InChI is InChI=1S/C16H29NO3/c1-5-16(6-2,15(19)20)11-14(18)17-9-7-13(8-10-17)12(3)4/h12-13H,5-11H2,1-4H3,(H,19,20). The van der Waals surface area contributed by atoms with Crippen LogP contribution in [0.2, 0.25) is 0 Å². The van der Waals surface area contributed by atoms with Crippen LogP contribution in [0.3, 0.4) is 0 Å². The van der Waals surface area contributed by atoms with Crippen LogP contribution in [0.15, 0.2) is 0 Å². The first-order valence-electron chi connectivity index (χ1n) is 7.87. The molecule has 0 bridgehead atoms. The highest BCUT2D eigenvalue weighted by atomic mass is 16.4. The van der Waals surface area contributed by atoms with Crippen molar-refractivity contribution in [2.45, 2.75) is 59.8 Å². The molecule has 0 aromatic heterocycles. The number of rotatable bonds is 6. The van der Waals surface area contributed by atoms with Crippen LogP contribution in [0.1, 0.15) is 59.8 Å². The zero-order valence-electron chi connectivity index (χ0n) is 13.3. The minimum atomic E-state index is -0.883. The van der Waals surface area contributed by atoms with E-state index in [1.54, 1.807) is 0 Å². The summed E-state index contributed by atoms with van der Waals surface area (Å²) in [5.74, 6) is 0.531. The van der Waals surface area contributed by atoms with E-state index in [4.69, 9.17) is 0 Å². The van der Waals surface area contributed by atoms with E-state index < -0.39 is 11.4 Å². The van der Waals surface area contributed by atoms with E-state index in [0.717, 1.165) is 25.9 Å². The summed E-state index contributed by atoms with van der Waals surface area (Å²) < 4.78 is 0. The summed E-state index contributed by atoms with van der Waals surface area (Å²) >= 11 is 0. The molecule has 1 aliphatic heterocycles. The molecular formula is C16H29NO3. The van der Waals surface area contributed by atoms with Crippen LogP contribution in [0.5, 0.6) is 0 Å². The number of nitrogens with zero attached hydrogens (tertiary/aromatic N) is 1. The van der Waals surface area contributed by atoms with Gasteiger partial charge in [0, 0.05) is 19.5 Å². The molecule has 0 atom stereocenters. The lowest BCUT2D eigenvalue weighted by atomic mass is 9.78. The number of hydrogen-bond acceptors (Lipinski definition) is 2.